The number of hydrogen-bond donors (Lipinski definition) is 1. The molecule has 3 nitrogen and oxygen atoms in total. The number of hydrogen-bond acceptors (Lipinski definition) is 3. The van der Waals surface area contributed by atoms with Crippen LogP contribution < -0.4 is 0 Å². The third-order valence-corrected chi connectivity index (χ3v) is 7.94. The highest BCUT2D eigenvalue weighted by Crippen LogP contribution is 2.60. The maximum atomic E-state index is 13.3. The van der Waals surface area contributed by atoms with Crippen molar-refractivity contribution in [1.82, 2.24) is 0 Å². The van der Waals surface area contributed by atoms with Gasteiger partial charge in [0.2, 0.25) is 0 Å². The van der Waals surface area contributed by atoms with Crippen molar-refractivity contribution >= 4 is 68.7 Å². The van der Waals surface area contributed by atoms with Crippen LogP contribution in [0.15, 0.2) is 70.8 Å². The van der Waals surface area contributed by atoms with E-state index < -0.39 is 37.3 Å². The van der Waals surface area contributed by atoms with E-state index in [0.717, 1.165) is 0 Å². The minimum Gasteiger partial charge on any atom is -0.507 e. The number of ketones is 2. The third-order valence-electron chi connectivity index (χ3n) is 5.69. The highest BCUT2D eigenvalue weighted by atomic mass is 35.5. The standard InChI is InChI=1S/C22H14Cl4O3/c1-2-11-9-10-21(25)19(28)17(23)18(24)20(29)22(21,26)16(11)14-7-8-15(27)13-6-4-3-5-12(13)14/h2-9,16,27H,1,10H2/t16-,21-,22+/m1/s1. The number of aromatic hydroxyl groups is 1. The molecule has 0 saturated heterocycles. The van der Waals surface area contributed by atoms with Crippen molar-refractivity contribution in [3.05, 3.63) is 76.3 Å². The third kappa shape index (κ3) is 2.58. The summed E-state index contributed by atoms with van der Waals surface area (Å²) in [5.74, 6) is -2.16. The number of allylic oxidation sites excluding steroid dienone is 5. The smallest absolute Gasteiger partial charge is 0.199 e. The zero-order valence-corrected chi connectivity index (χ0v) is 17.9. The molecule has 0 aliphatic heterocycles. The zero-order chi connectivity index (χ0) is 21.1. The van der Waals surface area contributed by atoms with Crippen LogP contribution in [-0.4, -0.2) is 26.4 Å². The number of halogens is 4. The Morgan fingerprint density at radius 3 is 2.28 bits per heavy atom. The minimum atomic E-state index is -1.92. The number of carbonyl (C=O) groups is 2. The number of fused-ring (bicyclic) bond motifs is 2. The molecule has 4 rings (SSSR count). The van der Waals surface area contributed by atoms with E-state index in [0.29, 0.717) is 21.9 Å². The van der Waals surface area contributed by atoms with E-state index in [2.05, 4.69) is 6.58 Å². The van der Waals surface area contributed by atoms with Crippen LogP contribution in [0.5, 0.6) is 5.75 Å². The van der Waals surface area contributed by atoms with Gasteiger partial charge in [-0.2, -0.15) is 0 Å². The van der Waals surface area contributed by atoms with E-state index in [1.807, 2.05) is 0 Å². The lowest BCUT2D eigenvalue weighted by Gasteiger charge is -2.50. The Labute approximate surface area is 187 Å². The molecular formula is C22H14Cl4O3. The lowest BCUT2D eigenvalue weighted by molar-refractivity contribution is -0.127. The van der Waals surface area contributed by atoms with Crippen LogP contribution in [0.2, 0.25) is 0 Å². The molecule has 0 unspecified atom stereocenters. The lowest BCUT2D eigenvalue weighted by Crippen LogP contribution is -2.64. The molecule has 0 radical (unpaired) electrons. The SMILES string of the molecule is C=CC1=CC[C@@]2(Cl)C(=O)C(Cl)=C(Cl)C(=O)[C@@]2(Cl)[C@H]1c1ccc(O)c2ccccc12. The Balaban J connectivity index is 2.10. The Morgan fingerprint density at radius 2 is 1.62 bits per heavy atom. The number of alkyl halides is 2. The van der Waals surface area contributed by atoms with Gasteiger partial charge >= 0.3 is 0 Å². The fourth-order valence-electron chi connectivity index (χ4n) is 4.24. The van der Waals surface area contributed by atoms with Crippen LogP contribution >= 0.6 is 46.4 Å². The highest BCUT2D eigenvalue weighted by Gasteiger charge is 2.68. The van der Waals surface area contributed by atoms with Gasteiger partial charge in [0, 0.05) is 11.3 Å². The lowest BCUT2D eigenvalue weighted by atomic mass is 9.62. The van der Waals surface area contributed by atoms with Crippen molar-refractivity contribution in [2.75, 3.05) is 0 Å². The van der Waals surface area contributed by atoms with Gasteiger partial charge in [-0.3, -0.25) is 9.59 Å². The van der Waals surface area contributed by atoms with E-state index >= 15 is 0 Å². The highest BCUT2D eigenvalue weighted by molar-refractivity contribution is 6.66. The molecule has 2 aliphatic rings. The van der Waals surface area contributed by atoms with Crippen LogP contribution in [-0.2, 0) is 9.59 Å². The number of phenolic OH excluding ortho intramolecular Hbond substituents is 1. The van der Waals surface area contributed by atoms with E-state index in [1.165, 1.54) is 6.07 Å². The first-order valence-electron chi connectivity index (χ1n) is 8.74. The number of rotatable bonds is 2. The average Bonchev–Trinajstić information content (AvgIpc) is 2.73. The van der Waals surface area contributed by atoms with Crippen molar-refractivity contribution in [2.24, 2.45) is 0 Å². The Bertz CT molecular complexity index is 1170. The van der Waals surface area contributed by atoms with Crippen LogP contribution in [0.4, 0.5) is 0 Å². The van der Waals surface area contributed by atoms with Crippen LogP contribution in [0.25, 0.3) is 10.8 Å². The summed E-state index contributed by atoms with van der Waals surface area (Å²) in [7, 11) is 0. The summed E-state index contributed by atoms with van der Waals surface area (Å²) >= 11 is 25.9. The monoisotopic (exact) mass is 466 g/mol. The molecule has 0 spiro atoms. The van der Waals surface area contributed by atoms with Crippen LogP contribution in [0, 0.1) is 0 Å². The number of phenols is 1. The summed E-state index contributed by atoms with van der Waals surface area (Å²) in [6.07, 6.45) is 3.32. The minimum absolute atomic E-state index is 0.00309. The molecule has 2 aromatic rings. The largest absolute Gasteiger partial charge is 0.507 e. The first-order chi connectivity index (χ1) is 13.7. The van der Waals surface area contributed by atoms with Crippen molar-refractivity contribution < 1.29 is 14.7 Å². The summed E-state index contributed by atoms with van der Waals surface area (Å²) in [6, 6.07) is 10.3. The van der Waals surface area contributed by atoms with Crippen molar-refractivity contribution in [3.8, 4) is 5.75 Å². The molecule has 0 amide bonds. The molecule has 7 heteroatoms. The first-order valence-corrected chi connectivity index (χ1v) is 10.3. The fraction of sp³-hybridized carbons (Fsp3) is 0.182. The van der Waals surface area contributed by atoms with Gasteiger partial charge in [-0.25, -0.2) is 0 Å². The molecule has 2 aliphatic carbocycles. The topological polar surface area (TPSA) is 54.4 Å². The molecule has 3 atom stereocenters. The molecule has 0 fully saturated rings. The summed E-state index contributed by atoms with van der Waals surface area (Å²) < 4.78 is 0. The van der Waals surface area contributed by atoms with Gasteiger partial charge in [-0.1, -0.05) is 72.3 Å². The van der Waals surface area contributed by atoms with Gasteiger partial charge in [0.05, 0.1) is 0 Å². The van der Waals surface area contributed by atoms with Gasteiger partial charge in [-0.15, -0.1) is 23.2 Å². The molecule has 0 saturated carbocycles. The van der Waals surface area contributed by atoms with Gasteiger partial charge in [0.25, 0.3) is 0 Å². The Morgan fingerprint density at radius 1 is 1.00 bits per heavy atom. The maximum Gasteiger partial charge on any atom is 0.199 e. The summed E-state index contributed by atoms with van der Waals surface area (Å²) in [5, 5.41) is 10.7. The summed E-state index contributed by atoms with van der Waals surface area (Å²) in [6.45, 7) is 3.84. The van der Waals surface area contributed by atoms with Gasteiger partial charge in [0.1, 0.15) is 25.6 Å². The van der Waals surface area contributed by atoms with Crippen molar-refractivity contribution in [1.29, 1.82) is 0 Å². The first kappa shape index (κ1) is 20.5. The second kappa shape index (κ2) is 6.88. The number of Topliss-reactive ketones (excluding diaryl/α,β-unsaturated/α-hetero) is 2. The van der Waals surface area contributed by atoms with E-state index in [4.69, 9.17) is 46.4 Å². The number of carbonyl (C=O) groups excluding carboxylic acids is 2. The molecule has 0 aromatic heterocycles. The molecule has 29 heavy (non-hydrogen) atoms. The molecular weight excluding hydrogens is 454 g/mol. The van der Waals surface area contributed by atoms with E-state index in [-0.39, 0.29) is 12.2 Å². The maximum absolute atomic E-state index is 13.3. The quantitative estimate of drug-likeness (QED) is 0.556. The summed E-state index contributed by atoms with van der Waals surface area (Å²) in [4.78, 5) is 22.6. The van der Waals surface area contributed by atoms with Gasteiger partial charge < -0.3 is 5.11 Å². The second-order valence-corrected chi connectivity index (χ2v) is 9.06. The Kier molecular flexibility index (Phi) is 4.86. The van der Waals surface area contributed by atoms with Gasteiger partial charge in [-0.05, 0) is 29.0 Å². The van der Waals surface area contributed by atoms with Crippen molar-refractivity contribution in [3.63, 3.8) is 0 Å². The van der Waals surface area contributed by atoms with Crippen LogP contribution in [0.1, 0.15) is 17.9 Å². The molecule has 1 N–H and O–H groups in total. The zero-order valence-electron chi connectivity index (χ0n) is 14.9. The fourth-order valence-corrected chi connectivity index (χ4v) is 5.68. The predicted octanol–water partition coefficient (Wildman–Crippen LogP) is 5.94. The average molecular weight is 468 g/mol. The normalized spacial score (nSPS) is 29.7. The predicted molar refractivity (Wildman–Crippen MR) is 117 cm³/mol. The Hall–Kier alpha value is -1.78. The number of benzene rings is 2. The van der Waals surface area contributed by atoms with E-state index in [9.17, 15) is 14.7 Å². The van der Waals surface area contributed by atoms with Gasteiger partial charge in [0.15, 0.2) is 11.6 Å². The summed E-state index contributed by atoms with van der Waals surface area (Å²) in [5.41, 5.74) is 1.25. The molecule has 2 aromatic carbocycles. The van der Waals surface area contributed by atoms with Crippen molar-refractivity contribution in [2.45, 2.75) is 22.1 Å². The second-order valence-electron chi connectivity index (χ2n) is 7.06. The van der Waals surface area contributed by atoms with E-state index in [1.54, 1.807) is 42.5 Å². The molecule has 148 valence electrons. The van der Waals surface area contributed by atoms with Crippen LogP contribution in [0.3, 0.4) is 0 Å². The molecule has 0 bridgehead atoms. The molecule has 0 heterocycles.